The van der Waals surface area contributed by atoms with Gasteiger partial charge in [0.1, 0.15) is 0 Å². The molecule has 2 heterocycles. The molecule has 6 nitrogen and oxygen atoms in total. The lowest BCUT2D eigenvalue weighted by Crippen LogP contribution is -3.00. The van der Waals surface area contributed by atoms with Gasteiger partial charge in [0.25, 0.3) is 0 Å². The maximum Gasteiger partial charge on any atom is 0.311 e. The van der Waals surface area contributed by atoms with E-state index in [-0.39, 0.29) is 18.4 Å². The number of nitrogens with zero attached hydrogens (tertiary/aromatic N) is 1. The van der Waals surface area contributed by atoms with Gasteiger partial charge in [0.05, 0.1) is 32.3 Å². The van der Waals surface area contributed by atoms with E-state index in [0.717, 1.165) is 40.7 Å². The van der Waals surface area contributed by atoms with Gasteiger partial charge >= 0.3 is 5.97 Å². The Labute approximate surface area is 181 Å². The molecule has 0 saturated heterocycles. The Morgan fingerprint density at radius 2 is 1.70 bits per heavy atom. The fraction of sp³-hybridized carbons (Fsp3) is 0.304. The summed E-state index contributed by atoms with van der Waals surface area (Å²) in [7, 11) is 4.86. The molecule has 30 heavy (non-hydrogen) atoms. The van der Waals surface area contributed by atoms with E-state index in [9.17, 15) is 4.79 Å². The number of ether oxygens (including phenoxy) is 4. The van der Waals surface area contributed by atoms with Crippen LogP contribution in [0.25, 0.3) is 22.0 Å². The lowest BCUT2D eigenvalue weighted by molar-refractivity contribution is -0.686. The number of benzene rings is 2. The number of hydrogen-bond donors (Lipinski definition) is 0. The van der Waals surface area contributed by atoms with Crippen LogP contribution in [0.15, 0.2) is 36.5 Å². The predicted molar refractivity (Wildman–Crippen MR) is 109 cm³/mol. The van der Waals surface area contributed by atoms with Crippen LogP contribution in [-0.2, 0) is 17.8 Å². The molecule has 0 radical (unpaired) electrons. The number of halogens is 1. The molecule has 0 bridgehead atoms. The summed E-state index contributed by atoms with van der Waals surface area (Å²) >= 11 is 0. The first-order valence-electron chi connectivity index (χ1n) is 9.59. The van der Waals surface area contributed by atoms with Crippen molar-refractivity contribution in [3.8, 4) is 34.3 Å². The molecule has 0 saturated carbocycles. The number of pyridine rings is 1. The molecule has 1 aliphatic heterocycles. The number of carbonyl (C=O) groups is 1. The molecular weight excluding hydrogens is 406 g/mol. The van der Waals surface area contributed by atoms with Gasteiger partial charge < -0.3 is 31.4 Å². The molecule has 0 fully saturated rings. The average molecular weight is 430 g/mol. The second-order valence-corrected chi connectivity index (χ2v) is 6.89. The zero-order valence-corrected chi connectivity index (χ0v) is 18.2. The highest BCUT2D eigenvalue weighted by molar-refractivity contribution is 5.93. The van der Waals surface area contributed by atoms with Crippen molar-refractivity contribution in [2.24, 2.45) is 0 Å². The number of rotatable bonds is 5. The molecule has 0 spiro atoms. The third kappa shape index (κ3) is 3.63. The van der Waals surface area contributed by atoms with Crippen LogP contribution >= 0.6 is 0 Å². The quantitative estimate of drug-likeness (QED) is 0.339. The number of hydrogen-bond acceptors (Lipinski definition) is 5. The minimum Gasteiger partial charge on any atom is -1.00 e. The number of esters is 1. The smallest absolute Gasteiger partial charge is 0.311 e. The maximum atomic E-state index is 12.0. The van der Waals surface area contributed by atoms with Gasteiger partial charge in [-0.25, -0.2) is 0 Å². The number of carbonyl (C=O) groups excluding carboxylic acids is 1. The zero-order valence-electron chi connectivity index (χ0n) is 17.5. The molecule has 7 heteroatoms. The van der Waals surface area contributed by atoms with Gasteiger partial charge in [0, 0.05) is 18.9 Å². The van der Waals surface area contributed by atoms with Crippen LogP contribution < -0.4 is 35.9 Å². The average Bonchev–Trinajstić information content (AvgIpc) is 2.76. The van der Waals surface area contributed by atoms with Gasteiger partial charge in [-0.1, -0.05) is 6.92 Å². The highest BCUT2D eigenvalue weighted by atomic mass is 35.5. The van der Waals surface area contributed by atoms with Crippen LogP contribution in [0.3, 0.4) is 0 Å². The molecule has 0 aliphatic carbocycles. The van der Waals surface area contributed by atoms with E-state index >= 15 is 0 Å². The predicted octanol–water partition coefficient (Wildman–Crippen LogP) is 0.696. The SMILES string of the molecule is CCC(=O)Oc1c(OC)ccc2cc3[n+](cc12)CCc1cc(OC)c(OC)cc1-3.[Cl-]. The van der Waals surface area contributed by atoms with Crippen LogP contribution in [0.2, 0.25) is 0 Å². The Bertz CT molecular complexity index is 1110. The molecule has 3 aromatic rings. The van der Waals surface area contributed by atoms with Crippen molar-refractivity contribution in [2.75, 3.05) is 21.3 Å². The number of methoxy groups -OCH3 is 3. The molecule has 4 rings (SSSR count). The van der Waals surface area contributed by atoms with E-state index in [1.54, 1.807) is 28.3 Å². The van der Waals surface area contributed by atoms with Crippen LogP contribution in [0, 0.1) is 0 Å². The third-order valence-corrected chi connectivity index (χ3v) is 5.31. The van der Waals surface area contributed by atoms with E-state index in [4.69, 9.17) is 18.9 Å². The van der Waals surface area contributed by atoms with Crippen molar-refractivity contribution in [3.05, 3.63) is 42.1 Å². The summed E-state index contributed by atoms with van der Waals surface area (Å²) in [5.41, 5.74) is 3.41. The summed E-state index contributed by atoms with van der Waals surface area (Å²) in [5.74, 6) is 2.15. The van der Waals surface area contributed by atoms with E-state index in [1.165, 1.54) is 5.56 Å². The van der Waals surface area contributed by atoms with Crippen molar-refractivity contribution >= 4 is 16.7 Å². The topological polar surface area (TPSA) is 57.9 Å². The van der Waals surface area contributed by atoms with E-state index < -0.39 is 0 Å². The molecule has 0 amide bonds. The largest absolute Gasteiger partial charge is 1.00 e. The minimum atomic E-state index is -0.291. The summed E-state index contributed by atoms with van der Waals surface area (Å²) in [5, 5.41) is 1.82. The Morgan fingerprint density at radius 3 is 2.37 bits per heavy atom. The number of aryl methyl sites for hydroxylation is 2. The van der Waals surface area contributed by atoms with Gasteiger partial charge in [0.2, 0.25) is 5.69 Å². The van der Waals surface area contributed by atoms with Crippen molar-refractivity contribution in [2.45, 2.75) is 26.3 Å². The molecule has 1 aromatic heterocycles. The lowest BCUT2D eigenvalue weighted by Gasteiger charge is -2.19. The highest BCUT2D eigenvalue weighted by Crippen LogP contribution is 2.40. The molecule has 0 N–H and O–H groups in total. The summed E-state index contributed by atoms with van der Waals surface area (Å²) in [6.45, 7) is 2.58. The fourth-order valence-electron chi connectivity index (χ4n) is 3.79. The maximum absolute atomic E-state index is 12.0. The Hall–Kier alpha value is -2.99. The van der Waals surface area contributed by atoms with Crippen molar-refractivity contribution < 1.29 is 40.7 Å². The molecule has 1 aliphatic rings. The van der Waals surface area contributed by atoms with E-state index in [1.807, 2.05) is 30.5 Å². The van der Waals surface area contributed by atoms with Crippen LogP contribution in [-0.4, -0.2) is 27.3 Å². The first kappa shape index (κ1) is 21.7. The van der Waals surface area contributed by atoms with Gasteiger partial charge in [0.15, 0.2) is 35.7 Å². The molecule has 158 valence electrons. The normalized spacial score (nSPS) is 11.7. The lowest BCUT2D eigenvalue weighted by atomic mass is 9.95. The van der Waals surface area contributed by atoms with Gasteiger partial charge in [-0.15, -0.1) is 0 Å². The Kier molecular flexibility index (Phi) is 6.37. The minimum absolute atomic E-state index is 0. The summed E-state index contributed by atoms with van der Waals surface area (Å²) in [6.07, 6.45) is 3.20. The number of aromatic nitrogens is 1. The van der Waals surface area contributed by atoms with Gasteiger partial charge in [-0.05, 0) is 35.2 Å². The van der Waals surface area contributed by atoms with Crippen molar-refractivity contribution in [1.29, 1.82) is 0 Å². The van der Waals surface area contributed by atoms with Gasteiger partial charge in [-0.2, -0.15) is 4.57 Å². The highest BCUT2D eigenvalue weighted by Gasteiger charge is 2.27. The van der Waals surface area contributed by atoms with E-state index in [0.29, 0.717) is 23.7 Å². The number of fused-ring (bicyclic) bond motifs is 4. The van der Waals surface area contributed by atoms with Crippen LogP contribution in [0.5, 0.6) is 23.0 Å². The van der Waals surface area contributed by atoms with Crippen LogP contribution in [0.1, 0.15) is 18.9 Å². The fourth-order valence-corrected chi connectivity index (χ4v) is 3.79. The summed E-state index contributed by atoms with van der Waals surface area (Å²) < 4.78 is 24.2. The van der Waals surface area contributed by atoms with Crippen molar-refractivity contribution in [1.82, 2.24) is 0 Å². The van der Waals surface area contributed by atoms with E-state index in [2.05, 4.69) is 10.6 Å². The molecule has 2 aromatic carbocycles. The zero-order chi connectivity index (χ0) is 20.5. The Balaban J connectivity index is 0.00000256. The molecule has 0 unspecified atom stereocenters. The summed E-state index contributed by atoms with van der Waals surface area (Å²) in [4.78, 5) is 12.0. The van der Waals surface area contributed by atoms with Crippen LogP contribution in [0.4, 0.5) is 0 Å². The second-order valence-electron chi connectivity index (χ2n) is 6.89. The monoisotopic (exact) mass is 429 g/mol. The van der Waals surface area contributed by atoms with Crippen molar-refractivity contribution in [3.63, 3.8) is 0 Å². The van der Waals surface area contributed by atoms with Gasteiger partial charge in [-0.3, -0.25) is 4.79 Å². The standard InChI is InChI=1S/C23H24NO5.ClH/c1-5-22(25)29-23-17-13-24-9-8-15-11-20(27-3)21(28-4)12-16(15)18(24)10-14(17)6-7-19(23)26-2;/h6-7,10-13H,5,8-9H2,1-4H3;1H/q+1;/p-1. The first-order chi connectivity index (χ1) is 14.1. The summed E-state index contributed by atoms with van der Waals surface area (Å²) in [6, 6.07) is 9.99. The first-order valence-corrected chi connectivity index (χ1v) is 9.59. The second kappa shape index (κ2) is 8.79. The molecular formula is C23H24ClNO5. The molecule has 0 atom stereocenters. The Morgan fingerprint density at radius 1 is 1.00 bits per heavy atom. The third-order valence-electron chi connectivity index (χ3n) is 5.31.